The van der Waals surface area contributed by atoms with Crippen LogP contribution in [0.5, 0.6) is 0 Å². The first kappa shape index (κ1) is 29.7. The Morgan fingerprint density at radius 2 is 1.10 bits per heavy atom. The van der Waals surface area contributed by atoms with E-state index in [0.717, 1.165) is 76.9 Å². The Kier molecular flexibility index (Phi) is 6.93. The van der Waals surface area contributed by atoms with Crippen LogP contribution in [0.4, 0.5) is 5.69 Å². The summed E-state index contributed by atoms with van der Waals surface area (Å²) < 4.78 is 2.13. The van der Waals surface area contributed by atoms with E-state index in [1.165, 1.54) is 5.56 Å². The minimum absolute atomic E-state index is 0.535. The molecule has 0 amide bonds. The molecule has 9 aromatic rings. The van der Waals surface area contributed by atoms with Crippen LogP contribution in [0.3, 0.4) is 0 Å². The molecular weight excluding hydrogens is 621 g/mol. The average Bonchev–Trinajstić information content (AvgIpc) is 3.53. The predicted octanol–water partition coefficient (Wildman–Crippen LogP) is 12.4. The molecule has 1 heterocycles. The summed E-state index contributed by atoms with van der Waals surface area (Å²) in [4.78, 5) is 3.86. The number of fused-ring (bicyclic) bond motifs is 5. The zero-order valence-electron chi connectivity index (χ0n) is 27.3. The van der Waals surface area contributed by atoms with E-state index in [-0.39, 0.29) is 0 Å². The molecule has 234 valence electrons. The summed E-state index contributed by atoms with van der Waals surface area (Å²) in [5.74, 6) is 0. The summed E-state index contributed by atoms with van der Waals surface area (Å²) in [6.07, 6.45) is 0. The number of benzene rings is 8. The predicted molar refractivity (Wildman–Crippen MR) is 208 cm³/mol. The first-order chi connectivity index (χ1) is 25.2. The van der Waals surface area contributed by atoms with Gasteiger partial charge in [-0.3, -0.25) is 0 Å². The van der Waals surface area contributed by atoms with Gasteiger partial charge in [-0.15, -0.1) is 0 Å². The van der Waals surface area contributed by atoms with Gasteiger partial charge in [0.25, 0.3) is 0 Å². The highest BCUT2D eigenvalue weighted by atomic mass is 15.0. The minimum atomic E-state index is 0.535. The van der Waals surface area contributed by atoms with Gasteiger partial charge in [0.2, 0.25) is 0 Å². The third kappa shape index (κ3) is 4.66. The van der Waals surface area contributed by atoms with E-state index in [9.17, 15) is 10.5 Å². The molecule has 4 heteroatoms. The Labute approximate surface area is 294 Å². The van der Waals surface area contributed by atoms with Crippen LogP contribution in [0.2, 0.25) is 0 Å². The van der Waals surface area contributed by atoms with Crippen LogP contribution < -0.4 is 0 Å². The highest BCUT2D eigenvalue weighted by Crippen LogP contribution is 2.47. The van der Waals surface area contributed by atoms with Gasteiger partial charge in [-0.2, -0.15) is 10.5 Å². The van der Waals surface area contributed by atoms with Crippen LogP contribution in [0.1, 0.15) is 11.1 Å². The summed E-state index contributed by atoms with van der Waals surface area (Å²) >= 11 is 0. The summed E-state index contributed by atoms with van der Waals surface area (Å²) in [6, 6.07) is 58.0. The van der Waals surface area contributed by atoms with E-state index in [4.69, 9.17) is 6.57 Å². The summed E-state index contributed by atoms with van der Waals surface area (Å²) in [7, 11) is 0. The maximum absolute atomic E-state index is 10.4. The monoisotopic (exact) mass is 646 g/mol. The van der Waals surface area contributed by atoms with Crippen molar-refractivity contribution in [3.8, 4) is 51.2 Å². The number of rotatable bonds is 4. The number of hydrogen-bond acceptors (Lipinski definition) is 2. The van der Waals surface area contributed by atoms with E-state index in [1.807, 2.05) is 66.7 Å². The lowest BCUT2D eigenvalue weighted by atomic mass is 9.83. The number of para-hydroxylation sites is 1. The van der Waals surface area contributed by atoms with Crippen molar-refractivity contribution in [1.82, 2.24) is 4.57 Å². The molecule has 0 atom stereocenters. The lowest BCUT2D eigenvalue weighted by Gasteiger charge is -2.20. The van der Waals surface area contributed by atoms with Crippen LogP contribution in [-0.2, 0) is 0 Å². The van der Waals surface area contributed by atoms with Crippen molar-refractivity contribution in [1.29, 1.82) is 10.5 Å². The zero-order chi connectivity index (χ0) is 34.5. The van der Waals surface area contributed by atoms with Crippen molar-refractivity contribution in [2.75, 3.05) is 0 Å². The fourth-order valence-electron chi connectivity index (χ4n) is 7.68. The molecule has 4 nitrogen and oxygen atoms in total. The van der Waals surface area contributed by atoms with Gasteiger partial charge in [0, 0.05) is 10.8 Å². The molecular formula is C47H26N4. The fourth-order valence-corrected chi connectivity index (χ4v) is 7.68. The fraction of sp³-hybridized carbons (Fsp3) is 0. The molecule has 1 aromatic heterocycles. The smallest absolute Gasteiger partial charge is 0.187 e. The minimum Gasteiger partial charge on any atom is -0.308 e. The van der Waals surface area contributed by atoms with Gasteiger partial charge in [-0.25, -0.2) is 4.85 Å². The third-order valence-corrected chi connectivity index (χ3v) is 9.87. The maximum Gasteiger partial charge on any atom is 0.187 e. The van der Waals surface area contributed by atoms with E-state index in [2.05, 4.69) is 113 Å². The second-order valence-corrected chi connectivity index (χ2v) is 12.6. The van der Waals surface area contributed by atoms with Crippen LogP contribution in [0, 0.1) is 29.2 Å². The molecule has 0 N–H and O–H groups in total. The Hall–Kier alpha value is -7.45. The molecule has 0 spiro atoms. The molecule has 8 aromatic carbocycles. The van der Waals surface area contributed by atoms with Gasteiger partial charge >= 0.3 is 0 Å². The van der Waals surface area contributed by atoms with Gasteiger partial charge < -0.3 is 4.57 Å². The molecule has 0 unspecified atom stereocenters. The van der Waals surface area contributed by atoms with Gasteiger partial charge in [-0.1, -0.05) is 115 Å². The maximum atomic E-state index is 10.4. The van der Waals surface area contributed by atoms with Crippen molar-refractivity contribution in [3.05, 3.63) is 180 Å². The van der Waals surface area contributed by atoms with Crippen molar-refractivity contribution in [3.63, 3.8) is 0 Å². The molecule has 0 saturated heterocycles. The van der Waals surface area contributed by atoms with Gasteiger partial charge in [0.1, 0.15) is 6.07 Å². The summed E-state index contributed by atoms with van der Waals surface area (Å²) in [5, 5.41) is 26.5. The topological polar surface area (TPSA) is 56.9 Å². The van der Waals surface area contributed by atoms with E-state index in [0.29, 0.717) is 16.8 Å². The number of hydrogen-bond donors (Lipinski definition) is 0. The van der Waals surface area contributed by atoms with E-state index in [1.54, 1.807) is 0 Å². The largest absolute Gasteiger partial charge is 0.308 e. The summed E-state index contributed by atoms with van der Waals surface area (Å²) in [5.41, 5.74) is 10.5. The molecule has 51 heavy (non-hydrogen) atoms. The van der Waals surface area contributed by atoms with Crippen molar-refractivity contribution in [2.45, 2.75) is 0 Å². The lowest BCUT2D eigenvalue weighted by Crippen LogP contribution is -1.99. The normalized spacial score (nSPS) is 11.1. The molecule has 0 fully saturated rings. The molecule has 0 aliphatic heterocycles. The van der Waals surface area contributed by atoms with Crippen LogP contribution in [0.25, 0.3) is 87.3 Å². The third-order valence-electron chi connectivity index (χ3n) is 9.87. The number of aromatic nitrogens is 1. The van der Waals surface area contributed by atoms with Crippen molar-refractivity contribution < 1.29 is 0 Å². The lowest BCUT2D eigenvalue weighted by molar-refractivity contribution is 1.17. The molecule has 0 aliphatic carbocycles. The Morgan fingerprint density at radius 3 is 1.76 bits per heavy atom. The van der Waals surface area contributed by atoms with Crippen molar-refractivity contribution >= 4 is 49.0 Å². The average molecular weight is 647 g/mol. The second-order valence-electron chi connectivity index (χ2n) is 12.6. The van der Waals surface area contributed by atoms with Crippen LogP contribution >= 0.6 is 0 Å². The second kappa shape index (κ2) is 11.9. The van der Waals surface area contributed by atoms with Gasteiger partial charge in [-0.05, 0) is 97.4 Å². The highest BCUT2D eigenvalue weighted by molar-refractivity contribution is 6.22. The molecule has 0 bridgehead atoms. The number of nitriles is 2. The first-order valence-electron chi connectivity index (χ1n) is 16.7. The van der Waals surface area contributed by atoms with Gasteiger partial charge in [0.05, 0.1) is 40.5 Å². The van der Waals surface area contributed by atoms with Crippen molar-refractivity contribution in [2.24, 2.45) is 0 Å². The highest BCUT2D eigenvalue weighted by Gasteiger charge is 2.21. The standard InChI is InChI=1S/C47H26N4/c1-50-34-22-23-35(32-20-21-33(29-49)45(26-32)51-43-18-10-9-13-36(43)41-25-30(28-48)19-24-44(41)51)42(27-34)47-39-16-7-5-14-37(39)46(31-11-3-2-4-12-31)38-15-6-8-17-40(38)47/h2-27H. The molecule has 9 rings (SSSR count). The van der Waals surface area contributed by atoms with E-state index >= 15 is 0 Å². The molecule has 0 radical (unpaired) electrons. The van der Waals surface area contributed by atoms with Crippen LogP contribution in [-0.4, -0.2) is 4.57 Å². The molecule has 0 saturated carbocycles. The quantitative estimate of drug-likeness (QED) is 0.141. The zero-order valence-corrected chi connectivity index (χ0v) is 27.3. The Balaban J connectivity index is 1.36. The summed E-state index contributed by atoms with van der Waals surface area (Å²) in [6.45, 7) is 7.98. The number of nitrogens with zero attached hydrogens (tertiary/aromatic N) is 4. The molecule has 0 aliphatic rings. The van der Waals surface area contributed by atoms with Gasteiger partial charge in [0.15, 0.2) is 5.69 Å². The SMILES string of the molecule is [C-]#[N+]c1ccc(-c2ccc(C#N)c(-n3c4ccccc4c4cc(C#N)ccc43)c2)c(-c2c3ccccc3c(-c3ccccc3)c3ccccc23)c1. The Morgan fingerprint density at radius 1 is 0.471 bits per heavy atom. The Bertz CT molecular complexity index is 2940. The van der Waals surface area contributed by atoms with E-state index < -0.39 is 0 Å². The van der Waals surface area contributed by atoms with Crippen LogP contribution in [0.15, 0.2) is 158 Å². The first-order valence-corrected chi connectivity index (χ1v) is 16.7.